The lowest BCUT2D eigenvalue weighted by Gasteiger charge is -2.36. The van der Waals surface area contributed by atoms with Crippen LogP contribution in [0.2, 0.25) is 0 Å². The molecule has 0 N–H and O–H groups in total. The minimum atomic E-state index is 0.935. The molecule has 3 aliphatic carbocycles. The van der Waals surface area contributed by atoms with Crippen LogP contribution in [0, 0.1) is 29.1 Å². The molecule has 3 atom stereocenters. The van der Waals surface area contributed by atoms with Crippen LogP contribution in [0.4, 0.5) is 0 Å². The van der Waals surface area contributed by atoms with E-state index in [-0.39, 0.29) is 0 Å². The Morgan fingerprint density at radius 2 is 2.09 bits per heavy atom. The third-order valence-corrected chi connectivity index (χ3v) is 4.74. The monoisotopic (exact) mass is 150 g/mol. The number of hydrogen-bond acceptors (Lipinski definition) is 0. The Labute approximate surface area is 69.4 Å². The molecule has 0 aromatic carbocycles. The third kappa shape index (κ3) is 0.625. The smallest absolute Gasteiger partial charge is 0.0232 e. The van der Waals surface area contributed by atoms with E-state index >= 15 is 0 Å². The highest BCUT2D eigenvalue weighted by molar-refractivity contribution is 5.26. The van der Waals surface area contributed by atoms with Crippen LogP contribution in [0.3, 0.4) is 0 Å². The highest BCUT2D eigenvalue weighted by atomic mass is 14.8. The minimum absolute atomic E-state index is 0.935. The lowest BCUT2D eigenvalue weighted by atomic mass is 9.69. The predicted molar refractivity (Wildman–Crippen MR) is 46.2 cm³/mol. The maximum Gasteiger partial charge on any atom is -0.0232 e. The van der Waals surface area contributed by atoms with Crippen molar-refractivity contribution < 1.29 is 0 Å². The summed E-state index contributed by atoms with van der Waals surface area (Å²) in [6.45, 7) is 4.80. The molecule has 62 valence electrons. The van der Waals surface area contributed by atoms with Crippen LogP contribution >= 0.6 is 0 Å². The molecule has 0 radical (unpaired) electrons. The van der Waals surface area contributed by atoms with Crippen molar-refractivity contribution in [2.45, 2.75) is 39.5 Å². The molecule has 0 heteroatoms. The second-order valence-electron chi connectivity index (χ2n) is 5.26. The summed E-state index contributed by atoms with van der Waals surface area (Å²) >= 11 is 0. The van der Waals surface area contributed by atoms with Crippen LogP contribution < -0.4 is 0 Å². The van der Waals surface area contributed by atoms with Gasteiger partial charge in [-0.05, 0) is 54.8 Å². The van der Waals surface area contributed by atoms with E-state index in [1.54, 1.807) is 19.3 Å². The second kappa shape index (κ2) is 1.67. The topological polar surface area (TPSA) is 0 Å². The molecule has 0 saturated heterocycles. The van der Waals surface area contributed by atoms with Crippen LogP contribution in [-0.4, -0.2) is 0 Å². The quantitative estimate of drug-likeness (QED) is 0.567. The van der Waals surface area contributed by atoms with Crippen LogP contribution in [-0.2, 0) is 0 Å². The fourth-order valence-electron chi connectivity index (χ4n) is 3.76. The molecule has 11 heavy (non-hydrogen) atoms. The van der Waals surface area contributed by atoms with Gasteiger partial charge < -0.3 is 0 Å². The molecule has 0 nitrogen and oxygen atoms in total. The van der Waals surface area contributed by atoms with Crippen molar-refractivity contribution in [3.8, 4) is 0 Å². The van der Waals surface area contributed by atoms with Crippen molar-refractivity contribution in [1.82, 2.24) is 0 Å². The average molecular weight is 150 g/mol. The zero-order valence-electron chi connectivity index (χ0n) is 7.64. The molecule has 0 heterocycles. The Morgan fingerprint density at radius 1 is 1.36 bits per heavy atom. The number of fused-ring (bicyclic) bond motifs is 1. The first-order valence-electron chi connectivity index (χ1n) is 5.28. The summed E-state index contributed by atoms with van der Waals surface area (Å²) in [5.41, 5.74) is 0.935. The van der Waals surface area contributed by atoms with E-state index in [2.05, 4.69) is 13.8 Å². The summed E-state index contributed by atoms with van der Waals surface area (Å²) in [6.07, 6.45) is 6.19. The Bertz CT molecular complexity index is 190. The van der Waals surface area contributed by atoms with Gasteiger partial charge in [0.25, 0.3) is 0 Å². The highest BCUT2D eigenvalue weighted by Gasteiger charge is 2.78. The average Bonchev–Trinajstić information content (AvgIpc) is 2.70. The summed E-state index contributed by atoms with van der Waals surface area (Å²) in [6, 6.07) is 0. The van der Waals surface area contributed by atoms with Gasteiger partial charge in [-0.2, -0.15) is 0 Å². The Balaban J connectivity index is 1.61. The van der Waals surface area contributed by atoms with E-state index in [1.807, 2.05) is 0 Å². The van der Waals surface area contributed by atoms with Crippen molar-refractivity contribution in [3.63, 3.8) is 0 Å². The summed E-state index contributed by atoms with van der Waals surface area (Å²) < 4.78 is 0. The first kappa shape index (κ1) is 6.51. The van der Waals surface area contributed by atoms with Crippen molar-refractivity contribution in [3.05, 3.63) is 0 Å². The van der Waals surface area contributed by atoms with Crippen molar-refractivity contribution in [2.75, 3.05) is 0 Å². The first-order chi connectivity index (χ1) is 5.28. The molecule has 0 bridgehead atoms. The van der Waals surface area contributed by atoms with E-state index < -0.39 is 0 Å². The van der Waals surface area contributed by atoms with Crippen molar-refractivity contribution >= 4 is 0 Å². The van der Waals surface area contributed by atoms with Crippen LogP contribution in [0.25, 0.3) is 0 Å². The zero-order chi connectivity index (χ0) is 7.64. The van der Waals surface area contributed by atoms with Gasteiger partial charge in [0.05, 0.1) is 0 Å². The van der Waals surface area contributed by atoms with Crippen molar-refractivity contribution in [1.29, 1.82) is 0 Å². The van der Waals surface area contributed by atoms with Gasteiger partial charge in [-0.3, -0.25) is 0 Å². The molecule has 0 spiro atoms. The first-order valence-corrected chi connectivity index (χ1v) is 5.28. The lowest BCUT2D eigenvalue weighted by Crippen LogP contribution is -2.26. The van der Waals surface area contributed by atoms with Gasteiger partial charge in [0, 0.05) is 0 Å². The van der Waals surface area contributed by atoms with Crippen LogP contribution in [0.5, 0.6) is 0 Å². The fourth-order valence-corrected chi connectivity index (χ4v) is 3.76. The SMILES string of the molecule is CCC12CC1C2C1CC(C)C1. The maximum atomic E-state index is 2.41. The molecular formula is C11H18. The van der Waals surface area contributed by atoms with Gasteiger partial charge in [0.15, 0.2) is 0 Å². The third-order valence-electron chi connectivity index (χ3n) is 4.74. The Morgan fingerprint density at radius 3 is 2.45 bits per heavy atom. The van der Waals surface area contributed by atoms with Gasteiger partial charge >= 0.3 is 0 Å². The molecule has 3 fully saturated rings. The summed E-state index contributed by atoms with van der Waals surface area (Å²) in [4.78, 5) is 0. The molecule has 3 saturated carbocycles. The van der Waals surface area contributed by atoms with Gasteiger partial charge in [0.2, 0.25) is 0 Å². The number of hydrogen-bond donors (Lipinski definition) is 0. The maximum absolute atomic E-state index is 2.41. The summed E-state index contributed by atoms with van der Waals surface area (Å²) in [5, 5.41) is 0. The standard InChI is InChI=1S/C11H18/c1-3-11-6-9(11)10(11)8-4-7(2)5-8/h7-10H,3-6H2,1-2H3. The molecule has 0 aromatic heterocycles. The largest absolute Gasteiger partial charge is 0.0648 e. The molecule has 3 unspecified atom stereocenters. The van der Waals surface area contributed by atoms with Gasteiger partial charge in [0.1, 0.15) is 0 Å². The zero-order valence-corrected chi connectivity index (χ0v) is 7.64. The molecule has 0 aromatic rings. The number of rotatable bonds is 2. The van der Waals surface area contributed by atoms with E-state index in [0.29, 0.717) is 0 Å². The lowest BCUT2D eigenvalue weighted by molar-refractivity contribution is 0.143. The van der Waals surface area contributed by atoms with Gasteiger partial charge in [-0.25, -0.2) is 0 Å². The Kier molecular flexibility index (Phi) is 0.990. The van der Waals surface area contributed by atoms with Crippen LogP contribution in [0.15, 0.2) is 0 Å². The highest BCUT2D eigenvalue weighted by Crippen LogP contribution is 2.85. The minimum Gasteiger partial charge on any atom is -0.0648 e. The summed E-state index contributed by atoms with van der Waals surface area (Å²) in [5.74, 6) is 4.66. The van der Waals surface area contributed by atoms with Gasteiger partial charge in [-0.15, -0.1) is 0 Å². The van der Waals surface area contributed by atoms with Crippen molar-refractivity contribution in [2.24, 2.45) is 29.1 Å². The van der Waals surface area contributed by atoms with E-state index in [9.17, 15) is 0 Å². The summed E-state index contributed by atoms with van der Waals surface area (Å²) in [7, 11) is 0. The van der Waals surface area contributed by atoms with Gasteiger partial charge in [-0.1, -0.05) is 13.8 Å². The molecular weight excluding hydrogens is 132 g/mol. The molecule has 0 aliphatic heterocycles. The normalized spacial score (nSPS) is 64.9. The van der Waals surface area contributed by atoms with Crippen LogP contribution in [0.1, 0.15) is 39.5 Å². The predicted octanol–water partition coefficient (Wildman–Crippen LogP) is 3.08. The molecule has 0 amide bonds. The van der Waals surface area contributed by atoms with E-state index in [4.69, 9.17) is 0 Å². The molecule has 3 rings (SSSR count). The van der Waals surface area contributed by atoms with E-state index in [0.717, 1.165) is 11.3 Å². The second-order valence-corrected chi connectivity index (χ2v) is 5.26. The molecule has 3 aliphatic rings. The van der Waals surface area contributed by atoms with E-state index in [1.165, 1.54) is 24.2 Å². The fraction of sp³-hybridized carbons (Fsp3) is 1.00. The Hall–Kier alpha value is 0.